The van der Waals surface area contributed by atoms with Gasteiger partial charge in [-0.2, -0.15) is 13.2 Å². The van der Waals surface area contributed by atoms with Crippen LogP contribution in [-0.2, 0) is 6.18 Å². The zero-order chi connectivity index (χ0) is 15.6. The molecule has 2 aromatic rings. The Bertz CT molecular complexity index is 667. The molecule has 0 unspecified atom stereocenters. The third-order valence-electron chi connectivity index (χ3n) is 2.71. The van der Waals surface area contributed by atoms with Crippen molar-refractivity contribution in [2.24, 2.45) is 5.73 Å². The predicted octanol–water partition coefficient (Wildman–Crippen LogP) is 3.18. The second-order valence-electron chi connectivity index (χ2n) is 4.24. The van der Waals surface area contributed by atoms with Crippen molar-refractivity contribution in [3.63, 3.8) is 0 Å². The van der Waals surface area contributed by atoms with Crippen LogP contribution in [0.25, 0.3) is 0 Å². The lowest BCUT2D eigenvalue weighted by atomic mass is 10.2. The first-order valence-corrected chi connectivity index (χ1v) is 5.82. The second kappa shape index (κ2) is 5.35. The normalized spacial score (nSPS) is 11.2. The molecule has 21 heavy (non-hydrogen) atoms. The van der Waals surface area contributed by atoms with E-state index in [0.717, 1.165) is 12.1 Å². The van der Waals surface area contributed by atoms with E-state index in [0.29, 0.717) is 0 Å². The number of nitrogens with two attached hydrogens (primary N) is 2. The summed E-state index contributed by atoms with van der Waals surface area (Å²) in [5, 5.41) is 0. The van der Waals surface area contributed by atoms with Crippen LogP contribution in [-0.4, -0.2) is 5.91 Å². The molecule has 0 bridgehead atoms. The molecule has 0 fully saturated rings. The van der Waals surface area contributed by atoms with Crippen LogP contribution in [0, 0.1) is 0 Å². The number of hydrogen-bond donors (Lipinski definition) is 2. The number of halogens is 3. The number of amides is 1. The molecule has 0 heterocycles. The Morgan fingerprint density at radius 1 is 1.05 bits per heavy atom. The van der Waals surface area contributed by atoms with Crippen LogP contribution < -0.4 is 16.2 Å². The van der Waals surface area contributed by atoms with Gasteiger partial charge in [-0.25, -0.2) is 0 Å². The highest BCUT2D eigenvalue weighted by Crippen LogP contribution is 2.32. The van der Waals surface area contributed by atoms with E-state index in [-0.39, 0.29) is 22.7 Å². The van der Waals surface area contributed by atoms with Gasteiger partial charge in [-0.15, -0.1) is 0 Å². The fourth-order valence-corrected chi connectivity index (χ4v) is 1.61. The van der Waals surface area contributed by atoms with Crippen molar-refractivity contribution >= 4 is 11.6 Å². The van der Waals surface area contributed by atoms with Gasteiger partial charge >= 0.3 is 6.18 Å². The molecule has 0 aliphatic carbocycles. The number of anilines is 1. The van der Waals surface area contributed by atoms with Crippen molar-refractivity contribution < 1.29 is 22.7 Å². The van der Waals surface area contributed by atoms with Crippen molar-refractivity contribution in [2.45, 2.75) is 6.18 Å². The standard InChI is InChI=1S/C14H11F3N2O2/c15-14(16,17)9-2-4-10(5-3-9)21-12-7-8(13(19)20)1-6-11(12)18/h1-7H,18H2,(H2,19,20). The summed E-state index contributed by atoms with van der Waals surface area (Å²) in [6.45, 7) is 0. The van der Waals surface area contributed by atoms with Crippen molar-refractivity contribution in [1.82, 2.24) is 0 Å². The largest absolute Gasteiger partial charge is 0.455 e. The van der Waals surface area contributed by atoms with E-state index in [9.17, 15) is 18.0 Å². The van der Waals surface area contributed by atoms with Gasteiger partial charge in [0.1, 0.15) is 5.75 Å². The smallest absolute Gasteiger partial charge is 0.416 e. The molecule has 0 saturated heterocycles. The number of ether oxygens (including phenoxy) is 1. The molecular weight excluding hydrogens is 285 g/mol. The third kappa shape index (κ3) is 3.44. The highest BCUT2D eigenvalue weighted by molar-refractivity contribution is 5.93. The van der Waals surface area contributed by atoms with Crippen LogP contribution in [0.4, 0.5) is 18.9 Å². The lowest BCUT2D eigenvalue weighted by Crippen LogP contribution is -2.11. The Hall–Kier alpha value is -2.70. The number of benzene rings is 2. The van der Waals surface area contributed by atoms with Gasteiger partial charge in [0.25, 0.3) is 0 Å². The van der Waals surface area contributed by atoms with E-state index < -0.39 is 17.6 Å². The summed E-state index contributed by atoms with van der Waals surface area (Å²) in [6.07, 6.45) is -4.41. The van der Waals surface area contributed by atoms with Gasteiger partial charge in [-0.1, -0.05) is 0 Å². The number of rotatable bonds is 3. The molecule has 0 aliphatic heterocycles. The topological polar surface area (TPSA) is 78.3 Å². The van der Waals surface area contributed by atoms with Crippen LogP contribution in [0.15, 0.2) is 42.5 Å². The Balaban J connectivity index is 2.26. The molecule has 4 nitrogen and oxygen atoms in total. The first-order chi connectivity index (χ1) is 9.77. The molecule has 1 amide bonds. The van der Waals surface area contributed by atoms with Gasteiger partial charge in [-0.3, -0.25) is 4.79 Å². The first-order valence-electron chi connectivity index (χ1n) is 5.82. The van der Waals surface area contributed by atoms with Crippen molar-refractivity contribution in [1.29, 1.82) is 0 Å². The third-order valence-corrected chi connectivity index (χ3v) is 2.71. The van der Waals surface area contributed by atoms with E-state index in [1.807, 2.05) is 0 Å². The zero-order valence-corrected chi connectivity index (χ0v) is 10.6. The molecule has 0 aliphatic rings. The van der Waals surface area contributed by atoms with Crippen molar-refractivity contribution in [3.8, 4) is 11.5 Å². The summed E-state index contributed by atoms with van der Waals surface area (Å²) in [4.78, 5) is 11.1. The van der Waals surface area contributed by atoms with Gasteiger partial charge in [0.2, 0.25) is 5.91 Å². The minimum Gasteiger partial charge on any atom is -0.455 e. The number of carbonyl (C=O) groups excluding carboxylic acids is 1. The average Bonchev–Trinajstić information content (AvgIpc) is 2.40. The molecule has 0 atom stereocenters. The quantitative estimate of drug-likeness (QED) is 0.854. The maximum absolute atomic E-state index is 12.4. The second-order valence-corrected chi connectivity index (χ2v) is 4.24. The summed E-state index contributed by atoms with van der Waals surface area (Å²) in [5.74, 6) is -0.352. The van der Waals surface area contributed by atoms with E-state index in [2.05, 4.69) is 0 Å². The lowest BCUT2D eigenvalue weighted by Gasteiger charge is -2.11. The van der Waals surface area contributed by atoms with Crippen molar-refractivity contribution in [3.05, 3.63) is 53.6 Å². The van der Waals surface area contributed by atoms with Crippen LogP contribution in [0.3, 0.4) is 0 Å². The number of hydrogen-bond acceptors (Lipinski definition) is 3. The van der Waals surface area contributed by atoms with E-state index >= 15 is 0 Å². The monoisotopic (exact) mass is 296 g/mol. The Kier molecular flexibility index (Phi) is 3.75. The predicted molar refractivity (Wildman–Crippen MR) is 70.9 cm³/mol. The van der Waals surface area contributed by atoms with Gasteiger partial charge in [-0.05, 0) is 42.5 Å². The molecule has 0 saturated carbocycles. The number of carbonyl (C=O) groups is 1. The number of alkyl halides is 3. The Morgan fingerprint density at radius 2 is 1.67 bits per heavy atom. The highest BCUT2D eigenvalue weighted by atomic mass is 19.4. The zero-order valence-electron chi connectivity index (χ0n) is 10.6. The fourth-order valence-electron chi connectivity index (χ4n) is 1.61. The molecular formula is C14H11F3N2O2. The molecule has 2 rings (SSSR count). The van der Waals surface area contributed by atoms with Crippen LogP contribution in [0.2, 0.25) is 0 Å². The van der Waals surface area contributed by atoms with Crippen LogP contribution in [0.5, 0.6) is 11.5 Å². The molecule has 2 aromatic carbocycles. The van der Waals surface area contributed by atoms with E-state index in [1.165, 1.54) is 30.3 Å². The molecule has 0 spiro atoms. The highest BCUT2D eigenvalue weighted by Gasteiger charge is 2.30. The average molecular weight is 296 g/mol. The Labute approximate surface area is 118 Å². The maximum atomic E-state index is 12.4. The number of nitrogen functional groups attached to an aromatic ring is 1. The minimum atomic E-state index is -4.41. The van der Waals surface area contributed by atoms with Gasteiger partial charge < -0.3 is 16.2 Å². The first kappa shape index (κ1) is 14.7. The summed E-state index contributed by atoms with van der Waals surface area (Å²) in [5.41, 5.74) is 10.5. The molecule has 0 aromatic heterocycles. The number of primary amides is 1. The fraction of sp³-hybridized carbons (Fsp3) is 0.0714. The van der Waals surface area contributed by atoms with Gasteiger partial charge in [0.05, 0.1) is 11.3 Å². The molecule has 0 radical (unpaired) electrons. The molecule has 110 valence electrons. The van der Waals surface area contributed by atoms with E-state index in [4.69, 9.17) is 16.2 Å². The Morgan fingerprint density at radius 3 is 2.19 bits per heavy atom. The lowest BCUT2D eigenvalue weighted by molar-refractivity contribution is -0.137. The summed E-state index contributed by atoms with van der Waals surface area (Å²) < 4.78 is 42.7. The van der Waals surface area contributed by atoms with Gasteiger partial charge in [0.15, 0.2) is 5.75 Å². The summed E-state index contributed by atoms with van der Waals surface area (Å²) >= 11 is 0. The molecule has 7 heteroatoms. The SMILES string of the molecule is NC(=O)c1ccc(N)c(Oc2ccc(C(F)(F)F)cc2)c1. The van der Waals surface area contributed by atoms with Crippen LogP contribution in [0.1, 0.15) is 15.9 Å². The van der Waals surface area contributed by atoms with Crippen LogP contribution >= 0.6 is 0 Å². The van der Waals surface area contributed by atoms with E-state index in [1.54, 1.807) is 0 Å². The summed E-state index contributed by atoms with van der Waals surface area (Å²) in [7, 11) is 0. The van der Waals surface area contributed by atoms with Crippen molar-refractivity contribution in [2.75, 3.05) is 5.73 Å². The van der Waals surface area contributed by atoms with Gasteiger partial charge in [0, 0.05) is 5.56 Å². The molecule has 4 N–H and O–H groups in total. The minimum absolute atomic E-state index is 0.144. The summed E-state index contributed by atoms with van der Waals surface area (Å²) in [6, 6.07) is 8.30. The maximum Gasteiger partial charge on any atom is 0.416 e.